The van der Waals surface area contributed by atoms with Gasteiger partial charge < -0.3 is 14.8 Å². The molecule has 0 aliphatic carbocycles. The van der Waals surface area contributed by atoms with Gasteiger partial charge in [0.05, 0.1) is 26.3 Å². The Hall–Kier alpha value is -2.93. The van der Waals surface area contributed by atoms with Gasteiger partial charge in [-0.1, -0.05) is 6.07 Å². The molecule has 0 atom stereocenters. The first-order valence-corrected chi connectivity index (χ1v) is 8.86. The van der Waals surface area contributed by atoms with Gasteiger partial charge >= 0.3 is 0 Å². The summed E-state index contributed by atoms with van der Waals surface area (Å²) in [6.07, 6.45) is 1.97. The topological polar surface area (TPSA) is 73.3 Å². The fraction of sp³-hybridized carbons (Fsp3) is 0.211. The van der Waals surface area contributed by atoms with Crippen LogP contribution in [0.3, 0.4) is 0 Å². The van der Waals surface area contributed by atoms with E-state index in [1.54, 1.807) is 26.5 Å². The predicted molar refractivity (Wildman–Crippen MR) is 102 cm³/mol. The molecule has 0 unspecified atom stereocenters. The molecule has 3 rings (SSSR count). The number of nitrogens with zero attached hydrogens (tertiary/aromatic N) is 2. The van der Waals surface area contributed by atoms with Crippen molar-refractivity contribution in [2.24, 2.45) is 0 Å². The monoisotopic (exact) mass is 369 g/mol. The van der Waals surface area contributed by atoms with E-state index in [9.17, 15) is 4.79 Å². The number of methoxy groups -OCH3 is 2. The first-order valence-electron chi connectivity index (χ1n) is 7.98. The number of carbonyl (C=O) groups is 1. The van der Waals surface area contributed by atoms with Gasteiger partial charge in [0.15, 0.2) is 5.13 Å². The fourth-order valence-corrected chi connectivity index (χ4v) is 3.14. The zero-order valence-electron chi connectivity index (χ0n) is 14.8. The van der Waals surface area contributed by atoms with Gasteiger partial charge in [-0.3, -0.25) is 9.78 Å². The van der Waals surface area contributed by atoms with Crippen molar-refractivity contribution in [1.29, 1.82) is 0 Å². The first-order chi connectivity index (χ1) is 12.6. The highest BCUT2D eigenvalue weighted by Crippen LogP contribution is 2.34. The van der Waals surface area contributed by atoms with E-state index < -0.39 is 0 Å². The lowest BCUT2D eigenvalue weighted by Gasteiger charge is -2.08. The molecule has 1 N–H and O–H groups in total. The number of benzene rings is 1. The number of thiazole rings is 1. The average Bonchev–Trinajstić information content (AvgIpc) is 3.11. The van der Waals surface area contributed by atoms with E-state index in [1.165, 1.54) is 11.3 Å². The quantitative estimate of drug-likeness (QED) is 0.717. The minimum atomic E-state index is -0.127. The van der Waals surface area contributed by atoms with Crippen molar-refractivity contribution in [2.45, 2.75) is 13.3 Å². The molecule has 1 amide bonds. The number of hydrogen-bond donors (Lipinski definition) is 1. The van der Waals surface area contributed by atoms with Crippen LogP contribution in [-0.4, -0.2) is 30.1 Å². The van der Waals surface area contributed by atoms with E-state index in [0.29, 0.717) is 16.6 Å². The number of aromatic nitrogens is 2. The summed E-state index contributed by atoms with van der Waals surface area (Å²) >= 11 is 1.37. The van der Waals surface area contributed by atoms with E-state index in [4.69, 9.17) is 9.47 Å². The van der Waals surface area contributed by atoms with Crippen molar-refractivity contribution in [3.05, 3.63) is 53.2 Å². The van der Waals surface area contributed by atoms with Crippen LogP contribution in [0.25, 0.3) is 11.3 Å². The Kier molecular flexibility index (Phi) is 5.48. The molecule has 3 aromatic rings. The number of ether oxygens (including phenoxy) is 2. The molecular weight excluding hydrogens is 350 g/mol. The van der Waals surface area contributed by atoms with Crippen LogP contribution in [0.2, 0.25) is 0 Å². The second-order valence-electron chi connectivity index (χ2n) is 5.64. The lowest BCUT2D eigenvalue weighted by Crippen LogP contribution is -2.14. The van der Waals surface area contributed by atoms with Crippen LogP contribution in [0.5, 0.6) is 11.5 Å². The van der Waals surface area contributed by atoms with Gasteiger partial charge in [-0.25, -0.2) is 4.98 Å². The summed E-state index contributed by atoms with van der Waals surface area (Å²) in [6, 6.07) is 9.32. The van der Waals surface area contributed by atoms with Gasteiger partial charge in [0.1, 0.15) is 11.5 Å². The third-order valence-corrected chi connectivity index (χ3v) is 4.53. The second kappa shape index (κ2) is 7.97. The molecule has 2 aromatic heterocycles. The van der Waals surface area contributed by atoms with Crippen LogP contribution < -0.4 is 14.8 Å². The maximum Gasteiger partial charge on any atom is 0.230 e. The molecule has 0 aliphatic heterocycles. The third-order valence-electron chi connectivity index (χ3n) is 3.77. The molecule has 7 heteroatoms. The van der Waals surface area contributed by atoms with Crippen LogP contribution in [0.1, 0.15) is 11.3 Å². The molecule has 0 aliphatic rings. The maximum atomic E-state index is 12.2. The van der Waals surface area contributed by atoms with Crippen LogP contribution in [0.4, 0.5) is 5.13 Å². The van der Waals surface area contributed by atoms with E-state index >= 15 is 0 Å². The number of nitrogens with one attached hydrogen (secondary N) is 1. The van der Waals surface area contributed by atoms with Crippen molar-refractivity contribution in [1.82, 2.24) is 9.97 Å². The molecule has 1 aromatic carbocycles. The lowest BCUT2D eigenvalue weighted by atomic mass is 10.1. The molecule has 0 spiro atoms. The van der Waals surface area contributed by atoms with Crippen molar-refractivity contribution in [3.63, 3.8) is 0 Å². The average molecular weight is 369 g/mol. The van der Waals surface area contributed by atoms with Gasteiger partial charge in [-0.2, -0.15) is 0 Å². The number of amides is 1. The molecule has 0 bridgehead atoms. The smallest absolute Gasteiger partial charge is 0.230 e. The Morgan fingerprint density at radius 1 is 1.19 bits per heavy atom. The summed E-state index contributed by atoms with van der Waals surface area (Å²) in [5.74, 6) is 1.25. The highest BCUT2D eigenvalue weighted by atomic mass is 32.1. The Labute approximate surface area is 155 Å². The zero-order chi connectivity index (χ0) is 18.5. The van der Waals surface area contributed by atoms with E-state index in [1.807, 2.05) is 36.6 Å². The van der Waals surface area contributed by atoms with Crippen molar-refractivity contribution in [3.8, 4) is 22.8 Å². The van der Waals surface area contributed by atoms with Gasteiger partial charge in [0.25, 0.3) is 0 Å². The van der Waals surface area contributed by atoms with E-state index in [-0.39, 0.29) is 12.3 Å². The summed E-state index contributed by atoms with van der Waals surface area (Å²) in [6.45, 7) is 1.91. The predicted octanol–water partition coefficient (Wildman–Crippen LogP) is 3.71. The third kappa shape index (κ3) is 4.18. The molecule has 0 saturated carbocycles. The summed E-state index contributed by atoms with van der Waals surface area (Å²) in [5, 5.41) is 5.26. The van der Waals surface area contributed by atoms with Crippen LogP contribution >= 0.6 is 11.3 Å². The summed E-state index contributed by atoms with van der Waals surface area (Å²) in [7, 11) is 3.21. The fourth-order valence-electron chi connectivity index (χ4n) is 2.42. The minimum Gasteiger partial charge on any atom is -0.497 e. The molecule has 0 radical (unpaired) electrons. The van der Waals surface area contributed by atoms with Gasteiger partial charge in [-0.05, 0) is 30.7 Å². The first kappa shape index (κ1) is 17.9. The number of anilines is 1. The van der Waals surface area contributed by atoms with Crippen molar-refractivity contribution in [2.75, 3.05) is 19.5 Å². The summed E-state index contributed by atoms with van der Waals surface area (Å²) in [4.78, 5) is 20.9. The second-order valence-corrected chi connectivity index (χ2v) is 6.49. The highest BCUT2D eigenvalue weighted by molar-refractivity contribution is 7.14. The largest absolute Gasteiger partial charge is 0.497 e. The van der Waals surface area contributed by atoms with Crippen molar-refractivity contribution >= 4 is 22.4 Å². The van der Waals surface area contributed by atoms with Gasteiger partial charge in [-0.15, -0.1) is 11.3 Å². The standard InChI is InChI=1S/C19H19N3O3S/c1-12-4-5-13(10-20-12)8-18(23)22-19-21-16(11-26-19)15-7-6-14(24-2)9-17(15)25-3/h4-7,9-11H,8H2,1-3H3,(H,21,22,23). The Bertz CT molecular complexity index is 907. The maximum absolute atomic E-state index is 12.2. The Morgan fingerprint density at radius 3 is 2.73 bits per heavy atom. The number of hydrogen-bond acceptors (Lipinski definition) is 6. The highest BCUT2D eigenvalue weighted by Gasteiger charge is 2.13. The summed E-state index contributed by atoms with van der Waals surface area (Å²) < 4.78 is 10.6. The number of carbonyl (C=O) groups excluding carboxylic acids is 1. The van der Waals surface area contributed by atoms with Crippen LogP contribution in [0, 0.1) is 6.92 Å². The molecule has 134 valence electrons. The molecule has 0 saturated heterocycles. The Balaban J connectivity index is 1.71. The van der Waals surface area contributed by atoms with E-state index in [2.05, 4.69) is 15.3 Å². The number of rotatable bonds is 6. The lowest BCUT2D eigenvalue weighted by molar-refractivity contribution is -0.115. The molecule has 2 heterocycles. The zero-order valence-corrected chi connectivity index (χ0v) is 15.6. The Morgan fingerprint density at radius 2 is 2.04 bits per heavy atom. The molecule has 0 fully saturated rings. The van der Waals surface area contributed by atoms with Crippen LogP contribution in [-0.2, 0) is 11.2 Å². The van der Waals surface area contributed by atoms with Crippen LogP contribution in [0.15, 0.2) is 41.9 Å². The minimum absolute atomic E-state index is 0.127. The molecule has 26 heavy (non-hydrogen) atoms. The normalized spacial score (nSPS) is 10.4. The van der Waals surface area contributed by atoms with Gasteiger partial charge in [0.2, 0.25) is 5.91 Å². The molecular formula is C19H19N3O3S. The van der Waals surface area contributed by atoms with E-state index in [0.717, 1.165) is 22.5 Å². The number of aryl methyl sites for hydroxylation is 1. The summed E-state index contributed by atoms with van der Waals surface area (Å²) in [5.41, 5.74) is 3.36. The van der Waals surface area contributed by atoms with Crippen molar-refractivity contribution < 1.29 is 14.3 Å². The SMILES string of the molecule is COc1ccc(-c2csc(NC(=O)Cc3ccc(C)nc3)n2)c(OC)c1. The molecule has 6 nitrogen and oxygen atoms in total. The number of pyridine rings is 1. The van der Waals surface area contributed by atoms with Gasteiger partial charge in [0, 0.05) is 28.9 Å².